The average molecular weight is 405 g/mol. The number of amides is 3. The number of thiazole rings is 1. The highest BCUT2D eigenvalue weighted by Gasteiger charge is 2.15. The average Bonchev–Trinajstić information content (AvgIpc) is 3.33. The van der Waals surface area contributed by atoms with E-state index < -0.39 is 0 Å². The molecule has 0 spiro atoms. The lowest BCUT2D eigenvalue weighted by molar-refractivity contribution is -0.121. The van der Waals surface area contributed by atoms with Gasteiger partial charge < -0.3 is 20.4 Å². The lowest BCUT2D eigenvalue weighted by atomic mass is 9.96. The molecule has 0 radical (unpaired) electrons. The number of carbonyl (C=O) groups excluding carboxylic acids is 2. The maximum Gasteiger partial charge on any atom is 0.315 e. The maximum absolute atomic E-state index is 12.0. The molecule has 0 bridgehead atoms. The number of nitrogens with zero attached hydrogens (tertiary/aromatic N) is 1. The van der Waals surface area contributed by atoms with Crippen LogP contribution in [0.15, 0.2) is 21.9 Å². The van der Waals surface area contributed by atoms with Crippen molar-refractivity contribution in [2.75, 3.05) is 6.54 Å². The van der Waals surface area contributed by atoms with Crippen LogP contribution in [0.25, 0.3) is 11.5 Å². The minimum atomic E-state index is -0.132. The molecule has 1 fully saturated rings. The van der Waals surface area contributed by atoms with Crippen LogP contribution in [0, 0.1) is 6.92 Å². The molecule has 152 valence electrons. The van der Waals surface area contributed by atoms with Gasteiger partial charge >= 0.3 is 6.03 Å². The summed E-state index contributed by atoms with van der Waals surface area (Å²) in [7, 11) is 0. The Kier molecular flexibility index (Phi) is 7.47. The molecule has 0 unspecified atom stereocenters. The van der Waals surface area contributed by atoms with E-state index in [1.807, 2.05) is 24.4 Å². The van der Waals surface area contributed by atoms with Crippen molar-refractivity contribution in [2.45, 2.75) is 64.5 Å². The maximum atomic E-state index is 12.0. The van der Waals surface area contributed by atoms with E-state index in [0.29, 0.717) is 43.5 Å². The van der Waals surface area contributed by atoms with Gasteiger partial charge in [0.15, 0.2) is 5.76 Å². The molecule has 2 heterocycles. The van der Waals surface area contributed by atoms with Crippen LogP contribution < -0.4 is 16.0 Å². The molecule has 0 aromatic carbocycles. The molecule has 3 amide bonds. The Morgan fingerprint density at radius 3 is 2.79 bits per heavy atom. The Labute approximate surface area is 169 Å². The number of hydrogen-bond donors (Lipinski definition) is 3. The van der Waals surface area contributed by atoms with E-state index in [1.54, 1.807) is 11.3 Å². The van der Waals surface area contributed by atoms with Gasteiger partial charge in [0, 0.05) is 24.4 Å². The van der Waals surface area contributed by atoms with Crippen LogP contribution in [0.2, 0.25) is 0 Å². The molecular weight excluding hydrogens is 376 g/mol. The summed E-state index contributed by atoms with van der Waals surface area (Å²) < 4.78 is 5.73. The van der Waals surface area contributed by atoms with E-state index in [-0.39, 0.29) is 11.9 Å². The van der Waals surface area contributed by atoms with Gasteiger partial charge in [-0.15, -0.1) is 11.3 Å². The first-order valence-electron chi connectivity index (χ1n) is 9.92. The molecule has 0 saturated heterocycles. The Bertz CT molecular complexity index is 780. The molecule has 0 aliphatic heterocycles. The summed E-state index contributed by atoms with van der Waals surface area (Å²) in [5, 5.41) is 11.6. The smallest absolute Gasteiger partial charge is 0.315 e. The quantitative estimate of drug-likeness (QED) is 0.584. The van der Waals surface area contributed by atoms with Gasteiger partial charge in [-0.1, -0.05) is 19.3 Å². The van der Waals surface area contributed by atoms with Crippen LogP contribution in [-0.4, -0.2) is 29.5 Å². The number of hydrogen-bond acceptors (Lipinski definition) is 5. The molecular formula is C20H28N4O3S. The molecule has 1 aliphatic rings. The number of urea groups is 1. The highest BCUT2D eigenvalue weighted by Crippen LogP contribution is 2.23. The number of aromatic nitrogens is 1. The fraction of sp³-hybridized carbons (Fsp3) is 0.550. The number of aryl methyl sites for hydroxylation is 1. The third kappa shape index (κ3) is 6.37. The third-order valence-electron chi connectivity index (χ3n) is 4.80. The normalized spacial score (nSPS) is 14.6. The van der Waals surface area contributed by atoms with Crippen molar-refractivity contribution in [1.82, 2.24) is 20.9 Å². The summed E-state index contributed by atoms with van der Waals surface area (Å²) in [4.78, 5) is 28.2. The summed E-state index contributed by atoms with van der Waals surface area (Å²) in [5.41, 5.74) is 0.817. The van der Waals surface area contributed by atoms with Crippen LogP contribution in [0.4, 0.5) is 4.79 Å². The molecule has 3 rings (SSSR count). The van der Waals surface area contributed by atoms with E-state index in [0.717, 1.165) is 23.5 Å². The van der Waals surface area contributed by atoms with Gasteiger partial charge in [0.25, 0.3) is 0 Å². The molecule has 8 heteroatoms. The van der Waals surface area contributed by atoms with Crippen LogP contribution in [0.3, 0.4) is 0 Å². The van der Waals surface area contributed by atoms with E-state index in [1.165, 1.54) is 19.3 Å². The first-order valence-corrected chi connectivity index (χ1v) is 10.8. The van der Waals surface area contributed by atoms with Gasteiger partial charge in [0.2, 0.25) is 5.91 Å². The van der Waals surface area contributed by atoms with Crippen molar-refractivity contribution >= 4 is 23.3 Å². The second kappa shape index (κ2) is 10.3. The highest BCUT2D eigenvalue weighted by atomic mass is 32.1. The van der Waals surface area contributed by atoms with Crippen LogP contribution in [0.1, 0.15) is 55.7 Å². The molecule has 28 heavy (non-hydrogen) atoms. The predicted molar refractivity (Wildman–Crippen MR) is 109 cm³/mol. The van der Waals surface area contributed by atoms with Crippen molar-refractivity contribution in [3.05, 3.63) is 28.3 Å². The molecule has 2 aromatic heterocycles. The Morgan fingerprint density at radius 2 is 2.04 bits per heavy atom. The topological polar surface area (TPSA) is 96.3 Å². The molecule has 0 atom stereocenters. The Hall–Kier alpha value is -2.35. The van der Waals surface area contributed by atoms with Gasteiger partial charge in [0.05, 0.1) is 11.6 Å². The summed E-state index contributed by atoms with van der Waals surface area (Å²) >= 11 is 1.57. The standard InChI is InChI=1S/C20H28N4O3S/c1-14-23-17(13-28-14)18-10-9-16(27-18)12-22-19(25)8-5-11-21-20(26)24-15-6-3-2-4-7-15/h9-10,13,15H,2-8,11-12H2,1H3,(H,22,25)(H2,21,24,26). The monoisotopic (exact) mass is 404 g/mol. The van der Waals surface area contributed by atoms with Crippen molar-refractivity contribution < 1.29 is 14.0 Å². The lowest BCUT2D eigenvalue weighted by Crippen LogP contribution is -2.43. The minimum Gasteiger partial charge on any atom is -0.458 e. The summed E-state index contributed by atoms with van der Waals surface area (Å²) in [6.07, 6.45) is 6.73. The second-order valence-electron chi connectivity index (χ2n) is 7.13. The summed E-state index contributed by atoms with van der Waals surface area (Å²) in [6.45, 7) is 2.78. The van der Waals surface area contributed by atoms with Crippen LogP contribution in [-0.2, 0) is 11.3 Å². The van der Waals surface area contributed by atoms with E-state index in [4.69, 9.17) is 4.42 Å². The fourth-order valence-corrected chi connectivity index (χ4v) is 3.90. The molecule has 7 nitrogen and oxygen atoms in total. The number of carbonyl (C=O) groups is 2. The second-order valence-corrected chi connectivity index (χ2v) is 8.20. The van der Waals surface area contributed by atoms with Gasteiger partial charge in [-0.05, 0) is 38.3 Å². The number of rotatable bonds is 8. The van der Waals surface area contributed by atoms with E-state index in [9.17, 15) is 9.59 Å². The lowest BCUT2D eigenvalue weighted by Gasteiger charge is -2.22. The molecule has 1 saturated carbocycles. The van der Waals surface area contributed by atoms with Crippen LogP contribution in [0.5, 0.6) is 0 Å². The molecule has 2 aromatic rings. The predicted octanol–water partition coefficient (Wildman–Crippen LogP) is 3.74. The number of furan rings is 1. The van der Waals surface area contributed by atoms with Gasteiger partial charge in [-0.2, -0.15) is 0 Å². The van der Waals surface area contributed by atoms with Crippen molar-refractivity contribution in [1.29, 1.82) is 0 Å². The molecule has 1 aliphatic carbocycles. The fourth-order valence-electron chi connectivity index (χ4n) is 3.30. The Balaban J connectivity index is 1.28. The van der Waals surface area contributed by atoms with Crippen molar-refractivity contribution in [3.63, 3.8) is 0 Å². The SMILES string of the molecule is Cc1nc(-c2ccc(CNC(=O)CCCNC(=O)NC3CCCCC3)o2)cs1. The Morgan fingerprint density at radius 1 is 1.21 bits per heavy atom. The third-order valence-corrected chi connectivity index (χ3v) is 5.57. The summed E-state index contributed by atoms with van der Waals surface area (Å²) in [6, 6.07) is 3.88. The number of nitrogens with one attached hydrogen (secondary N) is 3. The summed E-state index contributed by atoms with van der Waals surface area (Å²) in [5.74, 6) is 1.35. The zero-order chi connectivity index (χ0) is 19.8. The highest BCUT2D eigenvalue weighted by molar-refractivity contribution is 7.09. The van der Waals surface area contributed by atoms with Gasteiger partial charge in [-0.25, -0.2) is 9.78 Å². The first kappa shape index (κ1) is 20.4. The molecule has 3 N–H and O–H groups in total. The zero-order valence-electron chi connectivity index (χ0n) is 16.3. The van der Waals surface area contributed by atoms with Gasteiger partial charge in [0.1, 0.15) is 11.5 Å². The first-order chi connectivity index (χ1) is 13.6. The van der Waals surface area contributed by atoms with Gasteiger partial charge in [-0.3, -0.25) is 4.79 Å². The van der Waals surface area contributed by atoms with Crippen molar-refractivity contribution in [3.8, 4) is 11.5 Å². The van der Waals surface area contributed by atoms with E-state index in [2.05, 4.69) is 20.9 Å². The van der Waals surface area contributed by atoms with Crippen molar-refractivity contribution in [2.24, 2.45) is 0 Å². The van der Waals surface area contributed by atoms with E-state index >= 15 is 0 Å². The zero-order valence-corrected chi connectivity index (χ0v) is 17.1. The van der Waals surface area contributed by atoms with Crippen LogP contribution >= 0.6 is 11.3 Å². The minimum absolute atomic E-state index is 0.0584. The largest absolute Gasteiger partial charge is 0.458 e.